The van der Waals surface area contributed by atoms with Crippen LogP contribution in [0.3, 0.4) is 0 Å². The van der Waals surface area contributed by atoms with Crippen molar-refractivity contribution in [2.24, 2.45) is 0 Å². The fourth-order valence-corrected chi connectivity index (χ4v) is 5.58. The number of oxazole rings is 1. The standard InChI is InChI=1S/C36H23N3O/c1-3-7-24(8-4-1)27-13-17-33-30(21-27)31-22-28(25-9-5-2-6-10-25)14-18-34(31)39(33)29-15-11-26(12-16-29)36-38-32-23-37-20-19-35(32)40-36/h1-23H. The van der Waals surface area contributed by atoms with Gasteiger partial charge in [0.1, 0.15) is 5.52 Å². The lowest BCUT2D eigenvalue weighted by Gasteiger charge is -2.09. The molecule has 4 nitrogen and oxygen atoms in total. The van der Waals surface area contributed by atoms with Crippen molar-refractivity contribution in [1.82, 2.24) is 14.5 Å². The van der Waals surface area contributed by atoms with Gasteiger partial charge in [-0.2, -0.15) is 0 Å². The van der Waals surface area contributed by atoms with Crippen LogP contribution in [-0.4, -0.2) is 14.5 Å². The molecule has 0 aliphatic heterocycles. The number of hydrogen-bond acceptors (Lipinski definition) is 3. The van der Waals surface area contributed by atoms with Gasteiger partial charge >= 0.3 is 0 Å². The summed E-state index contributed by atoms with van der Waals surface area (Å²) in [5.74, 6) is 0.594. The van der Waals surface area contributed by atoms with E-state index in [1.807, 2.05) is 6.07 Å². The maximum absolute atomic E-state index is 5.98. The third-order valence-electron chi connectivity index (χ3n) is 7.54. The maximum Gasteiger partial charge on any atom is 0.227 e. The van der Waals surface area contributed by atoms with Gasteiger partial charge in [0.25, 0.3) is 0 Å². The molecule has 0 radical (unpaired) electrons. The van der Waals surface area contributed by atoms with E-state index in [1.54, 1.807) is 12.4 Å². The molecule has 0 spiro atoms. The Labute approximate surface area is 230 Å². The monoisotopic (exact) mass is 513 g/mol. The molecule has 8 rings (SSSR count). The molecule has 0 amide bonds. The molecule has 0 aliphatic carbocycles. The zero-order valence-electron chi connectivity index (χ0n) is 21.5. The molecule has 0 saturated carbocycles. The minimum atomic E-state index is 0.594. The van der Waals surface area contributed by atoms with E-state index >= 15 is 0 Å². The fourth-order valence-electron chi connectivity index (χ4n) is 5.58. The third-order valence-corrected chi connectivity index (χ3v) is 7.54. The SMILES string of the molecule is c1ccc(-c2ccc3c(c2)c2cc(-c4ccccc4)ccc2n3-c2ccc(-c3nc4cnccc4o3)cc2)cc1. The zero-order chi connectivity index (χ0) is 26.5. The van der Waals surface area contributed by atoms with E-state index in [1.165, 1.54) is 44.1 Å². The predicted molar refractivity (Wildman–Crippen MR) is 162 cm³/mol. The van der Waals surface area contributed by atoms with Crippen molar-refractivity contribution in [3.63, 3.8) is 0 Å². The predicted octanol–water partition coefficient (Wildman–Crippen LogP) is 9.32. The molecule has 0 saturated heterocycles. The van der Waals surface area contributed by atoms with E-state index in [-0.39, 0.29) is 0 Å². The van der Waals surface area contributed by atoms with Gasteiger partial charge < -0.3 is 8.98 Å². The van der Waals surface area contributed by atoms with Crippen LogP contribution in [0.4, 0.5) is 0 Å². The van der Waals surface area contributed by atoms with E-state index in [2.05, 4.69) is 136 Å². The number of benzene rings is 5. The molecule has 3 heterocycles. The van der Waals surface area contributed by atoms with Gasteiger partial charge in [-0.25, -0.2) is 4.98 Å². The second-order valence-electron chi connectivity index (χ2n) is 9.94. The Hall–Kier alpha value is -5.48. The first kappa shape index (κ1) is 22.5. The Morgan fingerprint density at radius 2 is 1.10 bits per heavy atom. The average Bonchev–Trinajstić information content (AvgIpc) is 3.61. The normalized spacial score (nSPS) is 11.5. The molecular weight excluding hydrogens is 490 g/mol. The summed E-state index contributed by atoms with van der Waals surface area (Å²) in [7, 11) is 0. The number of fused-ring (bicyclic) bond motifs is 4. The second-order valence-corrected chi connectivity index (χ2v) is 9.94. The first-order valence-corrected chi connectivity index (χ1v) is 13.3. The summed E-state index contributed by atoms with van der Waals surface area (Å²) >= 11 is 0. The zero-order valence-corrected chi connectivity index (χ0v) is 21.5. The Balaban J connectivity index is 1.31. The molecule has 0 unspecified atom stereocenters. The van der Waals surface area contributed by atoms with Gasteiger partial charge in [0.2, 0.25) is 5.89 Å². The molecule has 0 bridgehead atoms. The summed E-state index contributed by atoms with van der Waals surface area (Å²) in [6, 6.07) is 44.9. The fraction of sp³-hybridized carbons (Fsp3) is 0. The van der Waals surface area contributed by atoms with Gasteiger partial charge in [0.15, 0.2) is 5.58 Å². The minimum Gasteiger partial charge on any atom is -0.436 e. The van der Waals surface area contributed by atoms with E-state index < -0.39 is 0 Å². The van der Waals surface area contributed by atoms with Crippen LogP contribution in [0, 0.1) is 0 Å². The van der Waals surface area contributed by atoms with Crippen molar-refractivity contribution in [3.05, 3.63) is 140 Å². The summed E-state index contributed by atoms with van der Waals surface area (Å²) in [5, 5.41) is 2.45. The molecule has 0 atom stereocenters. The highest BCUT2D eigenvalue weighted by Crippen LogP contribution is 2.37. The molecular formula is C36H23N3O. The van der Waals surface area contributed by atoms with Crippen LogP contribution in [0.25, 0.3) is 72.3 Å². The van der Waals surface area contributed by atoms with Crippen LogP contribution in [0.1, 0.15) is 0 Å². The molecule has 40 heavy (non-hydrogen) atoms. The molecule has 8 aromatic rings. The number of nitrogens with zero attached hydrogens (tertiary/aromatic N) is 3. The van der Waals surface area contributed by atoms with Crippen LogP contribution >= 0.6 is 0 Å². The minimum absolute atomic E-state index is 0.594. The van der Waals surface area contributed by atoms with Crippen molar-refractivity contribution in [3.8, 4) is 39.4 Å². The van der Waals surface area contributed by atoms with E-state index in [0.29, 0.717) is 5.89 Å². The lowest BCUT2D eigenvalue weighted by molar-refractivity contribution is 0.619. The summed E-state index contributed by atoms with van der Waals surface area (Å²) in [4.78, 5) is 8.77. The van der Waals surface area contributed by atoms with Crippen LogP contribution in [-0.2, 0) is 0 Å². The second kappa shape index (κ2) is 9.07. The Morgan fingerprint density at radius 3 is 1.68 bits per heavy atom. The highest BCUT2D eigenvalue weighted by molar-refractivity contribution is 6.11. The quantitative estimate of drug-likeness (QED) is 0.235. The Morgan fingerprint density at radius 1 is 0.525 bits per heavy atom. The van der Waals surface area contributed by atoms with Crippen LogP contribution < -0.4 is 0 Å². The van der Waals surface area contributed by atoms with Crippen molar-refractivity contribution in [1.29, 1.82) is 0 Å². The van der Waals surface area contributed by atoms with E-state index in [9.17, 15) is 0 Å². The van der Waals surface area contributed by atoms with Gasteiger partial charge in [0.05, 0.1) is 17.2 Å². The van der Waals surface area contributed by atoms with Gasteiger partial charge in [0, 0.05) is 34.3 Å². The number of pyridine rings is 1. The summed E-state index contributed by atoms with van der Waals surface area (Å²) < 4.78 is 8.32. The largest absolute Gasteiger partial charge is 0.436 e. The number of aromatic nitrogens is 3. The highest BCUT2D eigenvalue weighted by Gasteiger charge is 2.15. The van der Waals surface area contributed by atoms with Crippen molar-refractivity contribution in [2.75, 3.05) is 0 Å². The smallest absolute Gasteiger partial charge is 0.227 e. The Kier molecular flexibility index (Phi) is 5.10. The van der Waals surface area contributed by atoms with Crippen molar-refractivity contribution in [2.45, 2.75) is 0 Å². The molecule has 4 heteroatoms. The van der Waals surface area contributed by atoms with Gasteiger partial charge in [-0.1, -0.05) is 72.8 Å². The topological polar surface area (TPSA) is 43.9 Å². The molecule has 5 aromatic carbocycles. The summed E-state index contributed by atoms with van der Waals surface area (Å²) in [5.41, 5.74) is 10.7. The van der Waals surface area contributed by atoms with E-state index in [0.717, 1.165) is 22.4 Å². The van der Waals surface area contributed by atoms with Crippen LogP contribution in [0.5, 0.6) is 0 Å². The summed E-state index contributed by atoms with van der Waals surface area (Å²) in [6.45, 7) is 0. The van der Waals surface area contributed by atoms with Gasteiger partial charge in [-0.3, -0.25) is 4.98 Å². The molecule has 0 fully saturated rings. The van der Waals surface area contributed by atoms with Gasteiger partial charge in [-0.05, 0) is 70.8 Å². The molecule has 3 aromatic heterocycles. The molecule has 0 N–H and O–H groups in total. The molecule has 188 valence electrons. The van der Waals surface area contributed by atoms with Crippen LogP contribution in [0.15, 0.2) is 144 Å². The Bertz CT molecular complexity index is 2010. The van der Waals surface area contributed by atoms with E-state index in [4.69, 9.17) is 4.42 Å². The van der Waals surface area contributed by atoms with Crippen molar-refractivity contribution >= 4 is 32.9 Å². The van der Waals surface area contributed by atoms with Gasteiger partial charge in [-0.15, -0.1) is 0 Å². The number of hydrogen-bond donors (Lipinski definition) is 0. The lowest BCUT2D eigenvalue weighted by atomic mass is 10.0. The average molecular weight is 514 g/mol. The van der Waals surface area contributed by atoms with Crippen molar-refractivity contribution < 1.29 is 4.42 Å². The van der Waals surface area contributed by atoms with Crippen LogP contribution in [0.2, 0.25) is 0 Å². The lowest BCUT2D eigenvalue weighted by Crippen LogP contribution is -1.94. The number of rotatable bonds is 4. The maximum atomic E-state index is 5.98. The summed E-state index contributed by atoms with van der Waals surface area (Å²) in [6.07, 6.45) is 3.44. The first-order valence-electron chi connectivity index (χ1n) is 13.3. The highest BCUT2D eigenvalue weighted by atomic mass is 16.3. The third kappa shape index (κ3) is 3.69. The first-order chi connectivity index (χ1) is 19.8. The molecule has 0 aliphatic rings.